The first-order chi connectivity index (χ1) is 17.8. The molecule has 9 heteroatoms. The van der Waals surface area contributed by atoms with Crippen LogP contribution >= 0.6 is 0 Å². The minimum absolute atomic E-state index is 0.187. The molecule has 3 aliphatic rings. The summed E-state index contributed by atoms with van der Waals surface area (Å²) in [6.07, 6.45) is 4.36. The average molecular weight is 512 g/mol. The van der Waals surface area contributed by atoms with E-state index >= 15 is 0 Å². The Morgan fingerprint density at radius 1 is 1.24 bits per heavy atom. The Kier molecular flexibility index (Phi) is 7.75. The molecule has 2 unspecified atom stereocenters. The van der Waals surface area contributed by atoms with E-state index in [1.54, 1.807) is 60.4 Å². The van der Waals surface area contributed by atoms with Crippen molar-refractivity contribution in [2.45, 2.75) is 50.0 Å². The van der Waals surface area contributed by atoms with E-state index in [0.29, 0.717) is 37.2 Å². The molecule has 200 valence electrons. The number of benzene rings is 1. The van der Waals surface area contributed by atoms with Gasteiger partial charge < -0.3 is 29.3 Å². The van der Waals surface area contributed by atoms with Crippen LogP contribution in [0.1, 0.15) is 26.2 Å². The Balaban J connectivity index is 1.79. The standard InChI is InChI=1S/C28H37N3O6/c1-6-15-29(4)25(33)22-21-13-14-28(37-21)23(22)26(34)31(18(8-3)17-32)24(28)27(35)30(16-7-2)19-9-11-20(36-5)12-10-19/h6-7,9-12,18,21-24,32H,1-2,8,13-17H2,3-5H3/t18-,21-,22+,23-,24?,28?/m0/s1. The second-order valence-corrected chi connectivity index (χ2v) is 9.99. The first kappa shape index (κ1) is 26.9. The Morgan fingerprint density at radius 2 is 1.92 bits per heavy atom. The van der Waals surface area contributed by atoms with Gasteiger partial charge in [-0.2, -0.15) is 0 Å². The Hall–Kier alpha value is -3.17. The monoisotopic (exact) mass is 511 g/mol. The van der Waals surface area contributed by atoms with E-state index in [2.05, 4.69) is 13.2 Å². The summed E-state index contributed by atoms with van der Waals surface area (Å²) in [5.41, 5.74) is -0.510. The number of ether oxygens (including phenoxy) is 2. The van der Waals surface area contributed by atoms with Crippen molar-refractivity contribution < 1.29 is 29.0 Å². The smallest absolute Gasteiger partial charge is 0.253 e. The molecule has 0 radical (unpaired) electrons. The number of carbonyl (C=O) groups excluding carboxylic acids is 3. The van der Waals surface area contributed by atoms with E-state index < -0.39 is 35.6 Å². The molecule has 3 heterocycles. The molecule has 1 aromatic rings. The zero-order chi connectivity index (χ0) is 26.9. The van der Waals surface area contributed by atoms with Crippen LogP contribution in [0, 0.1) is 11.8 Å². The Morgan fingerprint density at radius 3 is 2.49 bits per heavy atom. The molecular formula is C28H37N3O6. The zero-order valence-electron chi connectivity index (χ0n) is 21.8. The first-order valence-electron chi connectivity index (χ1n) is 12.8. The molecule has 9 nitrogen and oxygen atoms in total. The van der Waals surface area contributed by atoms with Gasteiger partial charge >= 0.3 is 0 Å². The molecule has 1 aromatic carbocycles. The number of methoxy groups -OCH3 is 1. The predicted octanol–water partition coefficient (Wildman–Crippen LogP) is 2.00. The lowest BCUT2D eigenvalue weighted by molar-refractivity contribution is -0.146. The molecule has 3 amide bonds. The third-order valence-corrected chi connectivity index (χ3v) is 8.07. The number of nitrogens with zero attached hydrogens (tertiary/aromatic N) is 3. The van der Waals surface area contributed by atoms with Crippen molar-refractivity contribution in [2.24, 2.45) is 11.8 Å². The zero-order valence-corrected chi connectivity index (χ0v) is 21.8. The van der Waals surface area contributed by atoms with E-state index in [-0.39, 0.29) is 30.9 Å². The van der Waals surface area contributed by atoms with E-state index in [0.717, 1.165) is 0 Å². The van der Waals surface area contributed by atoms with Crippen LogP contribution in [0.15, 0.2) is 49.6 Å². The van der Waals surface area contributed by atoms with Gasteiger partial charge in [-0.05, 0) is 43.5 Å². The van der Waals surface area contributed by atoms with Crippen LogP contribution in [0.4, 0.5) is 5.69 Å². The van der Waals surface area contributed by atoms with E-state index in [9.17, 15) is 19.5 Å². The number of rotatable bonds is 11. The summed E-state index contributed by atoms with van der Waals surface area (Å²) in [6.45, 7) is 9.68. The van der Waals surface area contributed by atoms with Crippen molar-refractivity contribution in [1.82, 2.24) is 9.80 Å². The maximum Gasteiger partial charge on any atom is 0.253 e. The molecule has 1 N–H and O–H groups in total. The van der Waals surface area contributed by atoms with E-state index in [4.69, 9.17) is 9.47 Å². The van der Waals surface area contributed by atoms with Gasteiger partial charge in [-0.1, -0.05) is 19.1 Å². The highest BCUT2D eigenvalue weighted by molar-refractivity contribution is 6.05. The number of aliphatic hydroxyl groups excluding tert-OH is 1. The lowest BCUT2D eigenvalue weighted by Gasteiger charge is -2.39. The molecule has 3 aliphatic heterocycles. The highest BCUT2D eigenvalue weighted by Crippen LogP contribution is 2.59. The number of carbonyl (C=O) groups is 3. The Labute approximate surface area is 218 Å². The SMILES string of the molecule is C=CCN(C)C(=O)[C@@H]1[C@@H]2CCC3(O2)C(C(=O)N(CC=C)c2ccc(OC)cc2)N([C@@H](CC)CO)C(=O)[C@H]13. The van der Waals surface area contributed by atoms with Crippen molar-refractivity contribution in [3.8, 4) is 5.75 Å². The van der Waals surface area contributed by atoms with Crippen LogP contribution in [0.2, 0.25) is 0 Å². The second-order valence-electron chi connectivity index (χ2n) is 9.99. The van der Waals surface area contributed by atoms with Crippen LogP contribution in [0.5, 0.6) is 5.75 Å². The van der Waals surface area contributed by atoms with Gasteiger partial charge in [0.15, 0.2) is 0 Å². The first-order valence-corrected chi connectivity index (χ1v) is 12.8. The quantitative estimate of drug-likeness (QED) is 0.457. The van der Waals surface area contributed by atoms with Crippen molar-refractivity contribution in [2.75, 3.05) is 38.8 Å². The van der Waals surface area contributed by atoms with Crippen molar-refractivity contribution in [3.63, 3.8) is 0 Å². The fourth-order valence-electron chi connectivity index (χ4n) is 6.36. The summed E-state index contributed by atoms with van der Waals surface area (Å²) in [5, 5.41) is 10.2. The topological polar surface area (TPSA) is 99.6 Å². The highest BCUT2D eigenvalue weighted by atomic mass is 16.5. The summed E-state index contributed by atoms with van der Waals surface area (Å²) in [6, 6.07) is 5.54. The van der Waals surface area contributed by atoms with Gasteiger partial charge in [0.25, 0.3) is 5.91 Å². The van der Waals surface area contributed by atoms with Gasteiger partial charge in [-0.15, -0.1) is 13.2 Å². The number of fused-ring (bicyclic) bond motifs is 1. The fourth-order valence-corrected chi connectivity index (χ4v) is 6.36. The van der Waals surface area contributed by atoms with Crippen LogP contribution in [-0.2, 0) is 19.1 Å². The molecule has 0 aliphatic carbocycles. The second kappa shape index (κ2) is 10.7. The van der Waals surface area contributed by atoms with E-state index in [1.165, 1.54) is 4.90 Å². The van der Waals surface area contributed by atoms with Crippen LogP contribution in [0.25, 0.3) is 0 Å². The maximum atomic E-state index is 14.4. The Bertz CT molecular complexity index is 1050. The van der Waals surface area contributed by atoms with E-state index in [1.807, 2.05) is 6.92 Å². The minimum Gasteiger partial charge on any atom is -0.497 e. The summed E-state index contributed by atoms with van der Waals surface area (Å²) in [4.78, 5) is 46.6. The normalized spacial score (nSPS) is 28.5. The van der Waals surface area contributed by atoms with Gasteiger partial charge in [-0.3, -0.25) is 14.4 Å². The van der Waals surface area contributed by atoms with Crippen LogP contribution in [0.3, 0.4) is 0 Å². The molecule has 2 bridgehead atoms. The molecule has 3 saturated heterocycles. The molecule has 3 fully saturated rings. The summed E-state index contributed by atoms with van der Waals surface area (Å²) >= 11 is 0. The van der Waals surface area contributed by atoms with Gasteiger partial charge in [0, 0.05) is 25.8 Å². The number of anilines is 1. The lowest BCUT2D eigenvalue weighted by atomic mass is 9.70. The minimum atomic E-state index is -1.14. The highest BCUT2D eigenvalue weighted by Gasteiger charge is 2.75. The fraction of sp³-hybridized carbons (Fsp3) is 0.536. The third-order valence-electron chi connectivity index (χ3n) is 8.07. The molecule has 4 rings (SSSR count). The number of amides is 3. The van der Waals surface area contributed by atoms with Gasteiger partial charge in [0.05, 0.1) is 37.7 Å². The van der Waals surface area contributed by atoms with Gasteiger partial charge in [0.1, 0.15) is 17.4 Å². The summed E-state index contributed by atoms with van der Waals surface area (Å²) in [5.74, 6) is -1.63. The van der Waals surface area contributed by atoms with Crippen molar-refractivity contribution >= 4 is 23.4 Å². The third kappa shape index (κ3) is 4.24. The number of aliphatic hydroxyl groups is 1. The lowest BCUT2D eigenvalue weighted by Crippen LogP contribution is -2.59. The molecule has 0 saturated carbocycles. The molecule has 1 spiro atoms. The van der Waals surface area contributed by atoms with Crippen LogP contribution < -0.4 is 9.64 Å². The molecular weight excluding hydrogens is 474 g/mol. The number of likely N-dealkylation sites (N-methyl/N-ethyl adjacent to an activating group) is 1. The predicted molar refractivity (Wildman–Crippen MR) is 139 cm³/mol. The molecule has 6 atom stereocenters. The van der Waals surface area contributed by atoms with Crippen molar-refractivity contribution in [3.05, 3.63) is 49.6 Å². The number of hydrogen-bond acceptors (Lipinski definition) is 6. The summed E-state index contributed by atoms with van der Waals surface area (Å²) < 4.78 is 11.8. The largest absolute Gasteiger partial charge is 0.497 e. The van der Waals surface area contributed by atoms with Crippen LogP contribution in [-0.4, -0.2) is 90.3 Å². The molecule has 37 heavy (non-hydrogen) atoms. The number of hydrogen-bond donors (Lipinski definition) is 1. The number of likely N-dealkylation sites (tertiary alicyclic amines) is 1. The summed E-state index contributed by atoms with van der Waals surface area (Å²) in [7, 11) is 3.25. The van der Waals surface area contributed by atoms with Crippen molar-refractivity contribution in [1.29, 1.82) is 0 Å². The maximum absolute atomic E-state index is 14.4. The van der Waals surface area contributed by atoms with Gasteiger partial charge in [0.2, 0.25) is 11.8 Å². The average Bonchev–Trinajstić information content (AvgIpc) is 3.55. The van der Waals surface area contributed by atoms with Gasteiger partial charge in [-0.25, -0.2) is 0 Å². The molecule has 0 aromatic heterocycles.